The van der Waals surface area contributed by atoms with Gasteiger partial charge in [0.05, 0.1) is 17.5 Å². The van der Waals surface area contributed by atoms with Gasteiger partial charge in [-0.2, -0.15) is 0 Å². The lowest BCUT2D eigenvalue weighted by molar-refractivity contribution is 0.189. The van der Waals surface area contributed by atoms with Gasteiger partial charge in [0.25, 0.3) is 5.56 Å². The molecule has 0 saturated heterocycles. The van der Waals surface area contributed by atoms with E-state index in [0.717, 1.165) is 34.0 Å². The predicted molar refractivity (Wildman–Crippen MR) is 115 cm³/mol. The molecule has 6 heteroatoms. The van der Waals surface area contributed by atoms with E-state index < -0.39 is 0 Å². The molecule has 0 aliphatic rings. The molecular weight excluding hydrogens is 372 g/mol. The molecule has 0 spiro atoms. The van der Waals surface area contributed by atoms with Crippen LogP contribution in [0.25, 0.3) is 10.9 Å². The molecule has 0 aliphatic carbocycles. The Balaban J connectivity index is 1.75. The lowest BCUT2D eigenvalue weighted by Gasteiger charge is -2.14. The van der Waals surface area contributed by atoms with E-state index in [-0.39, 0.29) is 5.56 Å². The SMILES string of the molecule is COCCCn1c(SCCOc2c(C)cccc2C)nc2ccccc2c1=O. The fraction of sp³-hybridized carbons (Fsp3) is 0.364. The Labute approximate surface area is 169 Å². The Bertz CT molecular complexity index is 980. The van der Waals surface area contributed by atoms with E-state index in [1.807, 2.05) is 56.3 Å². The summed E-state index contributed by atoms with van der Waals surface area (Å²) in [5.41, 5.74) is 2.99. The number of fused-ring (bicyclic) bond motifs is 1. The van der Waals surface area contributed by atoms with Crippen molar-refractivity contribution in [2.75, 3.05) is 26.1 Å². The fourth-order valence-corrected chi connectivity index (χ4v) is 3.97. The number of benzene rings is 2. The average Bonchev–Trinajstić information content (AvgIpc) is 2.69. The molecule has 0 aliphatic heterocycles. The van der Waals surface area contributed by atoms with Crippen LogP contribution < -0.4 is 10.3 Å². The number of methoxy groups -OCH3 is 1. The van der Waals surface area contributed by atoms with Crippen molar-refractivity contribution in [1.82, 2.24) is 9.55 Å². The molecule has 0 fully saturated rings. The maximum absolute atomic E-state index is 12.9. The topological polar surface area (TPSA) is 53.4 Å². The van der Waals surface area contributed by atoms with Gasteiger partial charge in [0.1, 0.15) is 5.75 Å². The van der Waals surface area contributed by atoms with E-state index in [4.69, 9.17) is 14.5 Å². The second-order valence-electron chi connectivity index (χ2n) is 6.63. The van der Waals surface area contributed by atoms with Gasteiger partial charge in [-0.1, -0.05) is 42.1 Å². The fourth-order valence-electron chi connectivity index (χ4n) is 3.13. The summed E-state index contributed by atoms with van der Waals surface area (Å²) < 4.78 is 12.9. The standard InChI is InChI=1S/C22H26N2O3S/c1-16-8-6-9-17(2)20(16)27-14-15-28-22-23-19-11-5-4-10-18(19)21(25)24(22)12-7-13-26-3/h4-6,8-11H,7,12-15H2,1-3H3. The zero-order valence-electron chi connectivity index (χ0n) is 16.6. The van der Waals surface area contributed by atoms with Gasteiger partial charge in [-0.05, 0) is 43.5 Å². The first-order valence-corrected chi connectivity index (χ1v) is 10.4. The van der Waals surface area contributed by atoms with Gasteiger partial charge in [0.2, 0.25) is 0 Å². The highest BCUT2D eigenvalue weighted by Crippen LogP contribution is 2.23. The highest BCUT2D eigenvalue weighted by molar-refractivity contribution is 7.99. The largest absolute Gasteiger partial charge is 0.492 e. The minimum atomic E-state index is -0.000121. The summed E-state index contributed by atoms with van der Waals surface area (Å²) in [4.78, 5) is 17.6. The van der Waals surface area contributed by atoms with Gasteiger partial charge in [-0.3, -0.25) is 9.36 Å². The van der Waals surface area contributed by atoms with Crippen LogP contribution >= 0.6 is 11.8 Å². The highest BCUT2D eigenvalue weighted by atomic mass is 32.2. The number of para-hydroxylation sites is 2. The van der Waals surface area contributed by atoms with Crippen molar-refractivity contribution in [3.8, 4) is 5.75 Å². The Hall–Kier alpha value is -2.31. The van der Waals surface area contributed by atoms with Crippen LogP contribution in [0.15, 0.2) is 52.4 Å². The van der Waals surface area contributed by atoms with Crippen LogP contribution in [-0.4, -0.2) is 35.6 Å². The van der Waals surface area contributed by atoms with Crippen molar-refractivity contribution in [1.29, 1.82) is 0 Å². The van der Waals surface area contributed by atoms with E-state index in [0.29, 0.717) is 30.9 Å². The minimum Gasteiger partial charge on any atom is -0.492 e. The third kappa shape index (κ3) is 4.75. The van der Waals surface area contributed by atoms with Gasteiger partial charge in [-0.25, -0.2) is 4.98 Å². The van der Waals surface area contributed by atoms with Crippen LogP contribution in [0.2, 0.25) is 0 Å². The molecule has 3 rings (SSSR count). The van der Waals surface area contributed by atoms with Crippen LogP contribution in [0.5, 0.6) is 5.75 Å². The van der Waals surface area contributed by atoms with E-state index in [9.17, 15) is 4.79 Å². The van der Waals surface area contributed by atoms with Crippen molar-refractivity contribution in [3.05, 3.63) is 63.9 Å². The first kappa shape index (κ1) is 20.4. The van der Waals surface area contributed by atoms with Crippen molar-refractivity contribution in [2.24, 2.45) is 0 Å². The molecule has 0 unspecified atom stereocenters. The van der Waals surface area contributed by atoms with Gasteiger partial charge in [-0.15, -0.1) is 0 Å². The van der Waals surface area contributed by atoms with Gasteiger partial charge >= 0.3 is 0 Å². The first-order chi connectivity index (χ1) is 13.6. The lowest BCUT2D eigenvalue weighted by Crippen LogP contribution is -2.24. The van der Waals surface area contributed by atoms with Crippen molar-refractivity contribution >= 4 is 22.7 Å². The summed E-state index contributed by atoms with van der Waals surface area (Å²) in [6.45, 7) is 5.85. The Morgan fingerprint density at radius 2 is 1.79 bits per heavy atom. The molecule has 28 heavy (non-hydrogen) atoms. The highest BCUT2D eigenvalue weighted by Gasteiger charge is 2.12. The summed E-state index contributed by atoms with van der Waals surface area (Å²) in [5, 5.41) is 1.38. The lowest BCUT2D eigenvalue weighted by atomic mass is 10.1. The molecule has 0 radical (unpaired) electrons. The number of nitrogens with zero attached hydrogens (tertiary/aromatic N) is 2. The number of hydrogen-bond donors (Lipinski definition) is 0. The molecular formula is C22H26N2O3S. The molecule has 3 aromatic rings. The zero-order chi connectivity index (χ0) is 19.9. The summed E-state index contributed by atoms with van der Waals surface area (Å²) in [5.74, 6) is 1.65. The summed E-state index contributed by atoms with van der Waals surface area (Å²) in [6.07, 6.45) is 0.767. The molecule has 1 heterocycles. The number of aromatic nitrogens is 2. The van der Waals surface area contributed by atoms with Crippen LogP contribution in [0.1, 0.15) is 17.5 Å². The van der Waals surface area contributed by atoms with Crippen molar-refractivity contribution in [2.45, 2.75) is 32.0 Å². The number of aryl methyl sites for hydroxylation is 2. The molecule has 0 N–H and O–H groups in total. The molecule has 0 atom stereocenters. The second kappa shape index (κ2) is 9.75. The maximum atomic E-state index is 12.9. The Morgan fingerprint density at radius 3 is 2.54 bits per heavy atom. The Morgan fingerprint density at radius 1 is 1.04 bits per heavy atom. The summed E-state index contributed by atoms with van der Waals surface area (Å²) in [7, 11) is 1.67. The number of hydrogen-bond acceptors (Lipinski definition) is 5. The molecule has 1 aromatic heterocycles. The number of rotatable bonds is 9. The average molecular weight is 399 g/mol. The van der Waals surface area contributed by atoms with Gasteiger partial charge in [0, 0.05) is 26.0 Å². The predicted octanol–water partition coefficient (Wildman–Crippen LogP) is 4.22. The zero-order valence-corrected chi connectivity index (χ0v) is 17.4. The third-order valence-electron chi connectivity index (χ3n) is 4.53. The molecule has 5 nitrogen and oxygen atoms in total. The minimum absolute atomic E-state index is 0.000121. The molecule has 0 amide bonds. The third-order valence-corrected chi connectivity index (χ3v) is 5.47. The first-order valence-electron chi connectivity index (χ1n) is 9.42. The van der Waals surface area contributed by atoms with Crippen LogP contribution in [0.4, 0.5) is 0 Å². The molecule has 2 aromatic carbocycles. The molecule has 0 bridgehead atoms. The second-order valence-corrected chi connectivity index (χ2v) is 7.69. The Kier molecular flexibility index (Phi) is 7.12. The summed E-state index contributed by atoms with van der Waals surface area (Å²) >= 11 is 1.55. The van der Waals surface area contributed by atoms with Gasteiger partial charge in [0.15, 0.2) is 5.16 Å². The smallest absolute Gasteiger partial charge is 0.262 e. The quantitative estimate of drug-likeness (QED) is 0.307. The summed E-state index contributed by atoms with van der Waals surface area (Å²) in [6, 6.07) is 13.6. The van der Waals surface area contributed by atoms with E-state index in [1.54, 1.807) is 23.4 Å². The van der Waals surface area contributed by atoms with Crippen LogP contribution in [-0.2, 0) is 11.3 Å². The van der Waals surface area contributed by atoms with E-state index >= 15 is 0 Å². The van der Waals surface area contributed by atoms with E-state index in [1.165, 1.54) is 0 Å². The maximum Gasteiger partial charge on any atom is 0.262 e. The number of thioether (sulfide) groups is 1. The molecule has 0 saturated carbocycles. The monoisotopic (exact) mass is 398 g/mol. The van der Waals surface area contributed by atoms with E-state index in [2.05, 4.69) is 0 Å². The van der Waals surface area contributed by atoms with Crippen molar-refractivity contribution in [3.63, 3.8) is 0 Å². The normalized spacial score (nSPS) is 11.1. The van der Waals surface area contributed by atoms with Crippen molar-refractivity contribution < 1.29 is 9.47 Å². The molecule has 148 valence electrons. The van der Waals surface area contributed by atoms with Crippen LogP contribution in [0, 0.1) is 13.8 Å². The van der Waals surface area contributed by atoms with Gasteiger partial charge < -0.3 is 9.47 Å². The van der Waals surface area contributed by atoms with Crippen LogP contribution in [0.3, 0.4) is 0 Å². The number of ether oxygens (including phenoxy) is 2.